The number of hydrogen-bond acceptors (Lipinski definition) is 5. The summed E-state index contributed by atoms with van der Waals surface area (Å²) < 4.78 is 19.5. The summed E-state index contributed by atoms with van der Waals surface area (Å²) in [7, 11) is 1.77. The Hall–Kier alpha value is -3.29. The van der Waals surface area contributed by atoms with Crippen molar-refractivity contribution in [3.8, 4) is 11.1 Å². The number of hydrogen-bond donors (Lipinski definition) is 1. The van der Waals surface area contributed by atoms with E-state index in [9.17, 15) is 4.39 Å². The predicted octanol–water partition coefficient (Wildman–Crippen LogP) is 5.39. The van der Waals surface area contributed by atoms with Gasteiger partial charge in [-0.25, -0.2) is 14.4 Å². The van der Waals surface area contributed by atoms with Crippen LogP contribution in [0, 0.1) is 5.82 Å². The molecule has 5 nitrogen and oxygen atoms in total. The third-order valence-electron chi connectivity index (χ3n) is 6.24. The van der Waals surface area contributed by atoms with Crippen LogP contribution in [0.25, 0.3) is 27.8 Å². The first-order chi connectivity index (χ1) is 15.7. The summed E-state index contributed by atoms with van der Waals surface area (Å²) >= 11 is 1.26. The third-order valence-corrected chi connectivity index (χ3v) is 6.99. The first kappa shape index (κ1) is 19.4. The average Bonchev–Trinajstić information content (AvgIpc) is 3.52. The molecule has 2 aromatic carbocycles. The van der Waals surface area contributed by atoms with E-state index < -0.39 is 0 Å². The molecule has 0 atom stereocenters. The molecular weight excluding hydrogens is 421 g/mol. The van der Waals surface area contributed by atoms with Crippen LogP contribution in [0.1, 0.15) is 24.1 Å². The Labute approximate surface area is 188 Å². The highest BCUT2D eigenvalue weighted by molar-refractivity contribution is 7.97. The molecule has 6 rings (SSSR count). The van der Waals surface area contributed by atoms with Crippen LogP contribution in [-0.4, -0.2) is 26.4 Å². The summed E-state index contributed by atoms with van der Waals surface area (Å²) in [5, 5.41) is 1.14. The lowest BCUT2D eigenvalue weighted by atomic mass is 9.91. The number of benzene rings is 2. The molecule has 0 unspecified atom stereocenters. The van der Waals surface area contributed by atoms with Crippen molar-refractivity contribution in [2.45, 2.75) is 23.2 Å². The Morgan fingerprint density at radius 1 is 1.00 bits per heavy atom. The number of halogens is 1. The minimum Gasteiger partial charge on any atom is -0.287 e. The number of fused-ring (bicyclic) bond motifs is 2. The van der Waals surface area contributed by atoms with Crippen molar-refractivity contribution in [2.75, 3.05) is 7.05 Å². The Morgan fingerprint density at radius 2 is 1.88 bits per heavy atom. The molecule has 1 saturated carbocycles. The summed E-state index contributed by atoms with van der Waals surface area (Å²) in [4.78, 5) is 14.1. The Kier molecular flexibility index (Phi) is 4.48. The van der Waals surface area contributed by atoms with Crippen molar-refractivity contribution >= 4 is 28.6 Å². The molecule has 7 heteroatoms. The van der Waals surface area contributed by atoms with Gasteiger partial charge in [-0.2, -0.15) is 0 Å². The molecule has 0 saturated heterocycles. The first-order valence-electron chi connectivity index (χ1n) is 10.5. The Morgan fingerprint density at radius 3 is 2.69 bits per heavy atom. The fourth-order valence-corrected chi connectivity index (χ4v) is 4.95. The Balaban J connectivity index is 1.44. The largest absolute Gasteiger partial charge is 0.287 e. The number of rotatable bonds is 5. The summed E-state index contributed by atoms with van der Waals surface area (Å²) in [6.07, 6.45) is 9.64. The average molecular weight is 442 g/mol. The molecule has 0 aliphatic heterocycles. The molecule has 3 heterocycles. The van der Waals surface area contributed by atoms with E-state index in [2.05, 4.69) is 48.3 Å². The lowest BCUT2D eigenvalue weighted by Gasteiger charge is -2.17. The van der Waals surface area contributed by atoms with E-state index in [1.165, 1.54) is 17.5 Å². The number of nitrogens with one attached hydrogen (secondary N) is 1. The number of pyridine rings is 1. The third kappa shape index (κ3) is 3.08. The summed E-state index contributed by atoms with van der Waals surface area (Å²) in [5.74, 6) is 0.400. The summed E-state index contributed by atoms with van der Waals surface area (Å²) in [5.41, 5.74) is 4.95. The molecule has 0 bridgehead atoms. The normalized spacial score (nSPS) is 14.8. The lowest BCUT2D eigenvalue weighted by molar-refractivity contribution is 0.602. The summed E-state index contributed by atoms with van der Waals surface area (Å²) in [6, 6.07) is 15.8. The van der Waals surface area contributed by atoms with Gasteiger partial charge in [0.15, 0.2) is 0 Å². The van der Waals surface area contributed by atoms with Crippen LogP contribution >= 0.6 is 11.9 Å². The van der Waals surface area contributed by atoms with Crippen LogP contribution in [0.3, 0.4) is 0 Å². The monoisotopic (exact) mass is 441 g/mol. The zero-order valence-corrected chi connectivity index (χ0v) is 18.2. The molecule has 1 fully saturated rings. The van der Waals surface area contributed by atoms with E-state index in [4.69, 9.17) is 0 Å². The highest BCUT2D eigenvalue weighted by Gasteiger charge is 2.48. The molecule has 3 aromatic heterocycles. The number of nitrogens with zero attached hydrogens (tertiary/aromatic N) is 4. The summed E-state index contributed by atoms with van der Waals surface area (Å²) in [6.45, 7) is 0. The molecular formula is C25H20FN5S. The van der Waals surface area contributed by atoms with Crippen molar-refractivity contribution in [1.82, 2.24) is 24.1 Å². The van der Waals surface area contributed by atoms with Gasteiger partial charge in [-0.05, 0) is 73.3 Å². The maximum atomic E-state index is 14.5. The van der Waals surface area contributed by atoms with Crippen LogP contribution in [-0.2, 0) is 5.41 Å². The van der Waals surface area contributed by atoms with Crippen LogP contribution in [0.5, 0.6) is 0 Å². The standard InChI is InChI=1S/C25H20FN5S/c1-27-32-22-7-4-16(12-20(22)26)18-13-29-24-30-14-23(31(24)15-18)25(8-9-25)19-5-6-21-17(11-19)3-2-10-28-21/h2-7,10-15,27H,8-9H2,1H3. The second kappa shape index (κ2) is 7.39. The highest BCUT2D eigenvalue weighted by Crippen LogP contribution is 2.53. The van der Waals surface area contributed by atoms with Crippen molar-refractivity contribution in [3.05, 3.63) is 90.4 Å². The fraction of sp³-hybridized carbons (Fsp3) is 0.160. The number of aromatic nitrogens is 4. The maximum absolute atomic E-state index is 14.5. The predicted molar refractivity (Wildman–Crippen MR) is 125 cm³/mol. The number of imidazole rings is 1. The van der Waals surface area contributed by atoms with Crippen molar-refractivity contribution in [1.29, 1.82) is 0 Å². The maximum Gasteiger partial charge on any atom is 0.233 e. The van der Waals surface area contributed by atoms with E-state index in [1.807, 2.05) is 30.7 Å². The van der Waals surface area contributed by atoms with Gasteiger partial charge in [0.2, 0.25) is 5.78 Å². The van der Waals surface area contributed by atoms with Gasteiger partial charge in [-0.3, -0.25) is 14.1 Å². The van der Waals surface area contributed by atoms with Gasteiger partial charge < -0.3 is 0 Å². The molecule has 1 N–H and O–H groups in total. The molecule has 0 amide bonds. The van der Waals surface area contributed by atoms with Crippen molar-refractivity contribution in [3.63, 3.8) is 0 Å². The molecule has 158 valence electrons. The first-order valence-corrected chi connectivity index (χ1v) is 11.3. The van der Waals surface area contributed by atoms with Gasteiger partial charge >= 0.3 is 0 Å². The Bertz CT molecular complexity index is 1470. The van der Waals surface area contributed by atoms with E-state index >= 15 is 0 Å². The van der Waals surface area contributed by atoms with E-state index in [-0.39, 0.29) is 11.2 Å². The SMILES string of the molecule is CNSc1ccc(-c2cnc3ncc(C4(c5ccc6ncccc6c5)CC4)n3c2)cc1F. The van der Waals surface area contributed by atoms with Crippen LogP contribution < -0.4 is 4.72 Å². The van der Waals surface area contributed by atoms with E-state index in [0.29, 0.717) is 10.7 Å². The smallest absolute Gasteiger partial charge is 0.233 e. The van der Waals surface area contributed by atoms with Gasteiger partial charge in [0.25, 0.3) is 0 Å². The van der Waals surface area contributed by atoms with Gasteiger partial charge in [0.1, 0.15) is 5.82 Å². The van der Waals surface area contributed by atoms with Crippen LogP contribution in [0.15, 0.2) is 78.2 Å². The fourth-order valence-electron chi connectivity index (χ4n) is 4.44. The topological polar surface area (TPSA) is 55.1 Å². The van der Waals surface area contributed by atoms with E-state index in [1.54, 1.807) is 25.4 Å². The molecule has 5 aromatic rings. The van der Waals surface area contributed by atoms with Gasteiger partial charge in [-0.1, -0.05) is 18.2 Å². The van der Waals surface area contributed by atoms with Crippen LogP contribution in [0.4, 0.5) is 4.39 Å². The minimum atomic E-state index is -0.253. The van der Waals surface area contributed by atoms with Gasteiger partial charge in [0.05, 0.1) is 22.3 Å². The van der Waals surface area contributed by atoms with Gasteiger partial charge in [-0.15, -0.1) is 0 Å². The second-order valence-electron chi connectivity index (χ2n) is 8.10. The molecule has 0 spiro atoms. The molecule has 0 radical (unpaired) electrons. The van der Waals surface area contributed by atoms with E-state index in [0.717, 1.165) is 40.6 Å². The lowest BCUT2D eigenvalue weighted by Crippen LogP contribution is -2.12. The van der Waals surface area contributed by atoms with Crippen LogP contribution in [0.2, 0.25) is 0 Å². The zero-order valence-electron chi connectivity index (χ0n) is 17.4. The molecule has 1 aliphatic carbocycles. The highest BCUT2D eigenvalue weighted by atomic mass is 32.2. The second-order valence-corrected chi connectivity index (χ2v) is 9.15. The molecule has 1 aliphatic rings. The zero-order chi connectivity index (χ0) is 21.7. The van der Waals surface area contributed by atoms with Gasteiger partial charge in [0, 0.05) is 35.0 Å². The molecule has 32 heavy (non-hydrogen) atoms. The quantitative estimate of drug-likeness (QED) is 0.371. The van der Waals surface area contributed by atoms with Crippen molar-refractivity contribution in [2.24, 2.45) is 0 Å². The minimum absolute atomic E-state index is 0.0811. The van der Waals surface area contributed by atoms with Crippen molar-refractivity contribution < 1.29 is 4.39 Å².